The Labute approximate surface area is 100 Å². The number of nitrogens with one attached hydrogen (secondary N) is 2. The molecule has 16 heavy (non-hydrogen) atoms. The molecule has 0 radical (unpaired) electrons. The molecular formula is C11H18N2O2S. The van der Waals surface area contributed by atoms with Crippen LogP contribution in [-0.4, -0.2) is 32.7 Å². The molecule has 0 saturated carbocycles. The number of rotatable bonds is 7. The van der Waals surface area contributed by atoms with E-state index in [1.807, 2.05) is 6.07 Å². The fourth-order valence-electron chi connectivity index (χ4n) is 1.20. The molecular weight excluding hydrogens is 224 g/mol. The van der Waals surface area contributed by atoms with Crippen LogP contribution in [0.15, 0.2) is 12.1 Å². The number of amides is 1. The van der Waals surface area contributed by atoms with Crippen molar-refractivity contribution in [1.82, 2.24) is 10.6 Å². The SMILES string of the molecule is COCCNCC(=O)NCc1ccc(C)s1. The van der Waals surface area contributed by atoms with Gasteiger partial charge in [0.15, 0.2) is 0 Å². The Morgan fingerprint density at radius 2 is 2.31 bits per heavy atom. The van der Waals surface area contributed by atoms with Crippen molar-refractivity contribution in [3.63, 3.8) is 0 Å². The van der Waals surface area contributed by atoms with Crippen LogP contribution in [0.2, 0.25) is 0 Å². The van der Waals surface area contributed by atoms with Crippen LogP contribution in [0.5, 0.6) is 0 Å². The van der Waals surface area contributed by atoms with E-state index in [-0.39, 0.29) is 5.91 Å². The van der Waals surface area contributed by atoms with Crippen molar-refractivity contribution >= 4 is 17.2 Å². The smallest absolute Gasteiger partial charge is 0.234 e. The lowest BCUT2D eigenvalue weighted by Crippen LogP contribution is -2.34. The van der Waals surface area contributed by atoms with E-state index >= 15 is 0 Å². The summed E-state index contributed by atoms with van der Waals surface area (Å²) < 4.78 is 4.86. The van der Waals surface area contributed by atoms with Gasteiger partial charge in [0.25, 0.3) is 0 Å². The second kappa shape index (κ2) is 7.38. The Morgan fingerprint density at radius 3 is 2.94 bits per heavy atom. The zero-order valence-corrected chi connectivity index (χ0v) is 10.5. The molecule has 0 saturated heterocycles. The molecule has 0 aliphatic rings. The maximum Gasteiger partial charge on any atom is 0.234 e. The minimum absolute atomic E-state index is 0.0159. The highest BCUT2D eigenvalue weighted by atomic mass is 32.1. The predicted molar refractivity (Wildman–Crippen MR) is 65.6 cm³/mol. The number of hydrogen-bond acceptors (Lipinski definition) is 4. The number of thiophene rings is 1. The molecule has 0 fully saturated rings. The highest BCUT2D eigenvalue weighted by Crippen LogP contribution is 2.14. The molecule has 1 heterocycles. The summed E-state index contributed by atoms with van der Waals surface area (Å²) in [4.78, 5) is 13.8. The number of methoxy groups -OCH3 is 1. The number of aryl methyl sites for hydroxylation is 1. The third kappa shape index (κ3) is 5.25. The Bertz CT molecular complexity index is 326. The highest BCUT2D eigenvalue weighted by Gasteiger charge is 2.01. The van der Waals surface area contributed by atoms with Crippen molar-refractivity contribution in [2.75, 3.05) is 26.8 Å². The summed E-state index contributed by atoms with van der Waals surface area (Å²) in [5.74, 6) is 0.0159. The summed E-state index contributed by atoms with van der Waals surface area (Å²) in [6, 6.07) is 4.10. The predicted octanol–water partition coefficient (Wildman–Crippen LogP) is 0.909. The zero-order valence-electron chi connectivity index (χ0n) is 9.71. The third-order valence-corrected chi connectivity index (χ3v) is 3.02. The lowest BCUT2D eigenvalue weighted by molar-refractivity contribution is -0.120. The Balaban J connectivity index is 2.10. The molecule has 5 heteroatoms. The molecule has 0 atom stereocenters. The van der Waals surface area contributed by atoms with E-state index in [0.29, 0.717) is 26.2 Å². The van der Waals surface area contributed by atoms with Crippen molar-refractivity contribution in [2.45, 2.75) is 13.5 Å². The van der Waals surface area contributed by atoms with E-state index < -0.39 is 0 Å². The molecule has 2 N–H and O–H groups in total. The van der Waals surface area contributed by atoms with Gasteiger partial charge in [-0.25, -0.2) is 0 Å². The van der Waals surface area contributed by atoms with E-state index in [0.717, 1.165) is 0 Å². The van der Waals surface area contributed by atoms with Gasteiger partial charge >= 0.3 is 0 Å². The van der Waals surface area contributed by atoms with Gasteiger partial charge in [0, 0.05) is 23.4 Å². The first-order valence-corrected chi connectivity index (χ1v) is 6.05. The van der Waals surface area contributed by atoms with E-state index in [4.69, 9.17) is 4.74 Å². The van der Waals surface area contributed by atoms with Crippen LogP contribution in [0.25, 0.3) is 0 Å². The fraction of sp³-hybridized carbons (Fsp3) is 0.545. The molecule has 4 nitrogen and oxygen atoms in total. The largest absolute Gasteiger partial charge is 0.383 e. The number of hydrogen-bond donors (Lipinski definition) is 2. The molecule has 90 valence electrons. The second-order valence-corrected chi connectivity index (χ2v) is 4.83. The van der Waals surface area contributed by atoms with Gasteiger partial charge in [-0.05, 0) is 19.1 Å². The van der Waals surface area contributed by atoms with Gasteiger partial charge in [0.05, 0.1) is 19.7 Å². The number of carbonyl (C=O) groups excluding carboxylic acids is 1. The second-order valence-electron chi connectivity index (χ2n) is 3.46. The zero-order chi connectivity index (χ0) is 11.8. The first kappa shape index (κ1) is 13.2. The van der Waals surface area contributed by atoms with Crippen molar-refractivity contribution in [2.24, 2.45) is 0 Å². The normalized spacial score (nSPS) is 10.4. The van der Waals surface area contributed by atoms with Gasteiger partial charge < -0.3 is 15.4 Å². The van der Waals surface area contributed by atoms with E-state index in [1.54, 1.807) is 18.4 Å². The summed E-state index contributed by atoms with van der Waals surface area (Å²) in [7, 11) is 1.64. The van der Waals surface area contributed by atoms with Crippen LogP contribution in [0.3, 0.4) is 0 Å². The van der Waals surface area contributed by atoms with Crippen LogP contribution in [0.4, 0.5) is 0 Å². The molecule has 1 aromatic heterocycles. The first-order valence-electron chi connectivity index (χ1n) is 5.24. The van der Waals surface area contributed by atoms with E-state index in [9.17, 15) is 4.79 Å². The van der Waals surface area contributed by atoms with Gasteiger partial charge in [-0.3, -0.25) is 4.79 Å². The molecule has 1 aromatic rings. The summed E-state index contributed by atoms with van der Waals surface area (Å²) in [5.41, 5.74) is 0. The average Bonchev–Trinajstić information content (AvgIpc) is 2.68. The Kier molecular flexibility index (Phi) is 6.07. The standard InChI is InChI=1S/C11H18N2O2S/c1-9-3-4-10(16-9)7-13-11(14)8-12-5-6-15-2/h3-4,12H,5-8H2,1-2H3,(H,13,14). The topological polar surface area (TPSA) is 50.4 Å². The number of carbonyl (C=O) groups is 1. The van der Waals surface area contributed by atoms with Crippen molar-refractivity contribution in [1.29, 1.82) is 0 Å². The quantitative estimate of drug-likeness (QED) is 0.699. The lowest BCUT2D eigenvalue weighted by Gasteiger charge is -2.05. The lowest BCUT2D eigenvalue weighted by atomic mass is 10.4. The molecule has 0 bridgehead atoms. The van der Waals surface area contributed by atoms with Crippen LogP contribution in [0.1, 0.15) is 9.75 Å². The Hall–Kier alpha value is -0.910. The van der Waals surface area contributed by atoms with Gasteiger partial charge in [-0.15, -0.1) is 11.3 Å². The van der Waals surface area contributed by atoms with Crippen molar-refractivity contribution < 1.29 is 9.53 Å². The Morgan fingerprint density at radius 1 is 1.50 bits per heavy atom. The summed E-state index contributed by atoms with van der Waals surface area (Å²) in [6.45, 7) is 4.33. The summed E-state index contributed by atoms with van der Waals surface area (Å²) >= 11 is 1.71. The van der Waals surface area contributed by atoms with Gasteiger partial charge in [-0.1, -0.05) is 0 Å². The third-order valence-electron chi connectivity index (χ3n) is 2.02. The molecule has 0 aliphatic carbocycles. The van der Waals surface area contributed by atoms with Crippen LogP contribution in [0, 0.1) is 6.92 Å². The van der Waals surface area contributed by atoms with Crippen LogP contribution >= 0.6 is 11.3 Å². The maximum absolute atomic E-state index is 11.4. The van der Waals surface area contributed by atoms with Crippen LogP contribution < -0.4 is 10.6 Å². The van der Waals surface area contributed by atoms with Gasteiger partial charge in [0.1, 0.15) is 0 Å². The number of ether oxygens (including phenoxy) is 1. The molecule has 0 aliphatic heterocycles. The highest BCUT2D eigenvalue weighted by molar-refractivity contribution is 7.11. The minimum Gasteiger partial charge on any atom is -0.383 e. The summed E-state index contributed by atoms with van der Waals surface area (Å²) in [6.07, 6.45) is 0. The van der Waals surface area contributed by atoms with E-state index in [2.05, 4.69) is 23.6 Å². The molecule has 0 spiro atoms. The fourth-order valence-corrected chi connectivity index (χ4v) is 2.03. The van der Waals surface area contributed by atoms with Gasteiger partial charge in [-0.2, -0.15) is 0 Å². The average molecular weight is 242 g/mol. The van der Waals surface area contributed by atoms with Crippen molar-refractivity contribution in [3.8, 4) is 0 Å². The maximum atomic E-state index is 11.4. The minimum atomic E-state index is 0.0159. The first-order chi connectivity index (χ1) is 7.72. The van der Waals surface area contributed by atoms with Crippen molar-refractivity contribution in [3.05, 3.63) is 21.9 Å². The monoisotopic (exact) mass is 242 g/mol. The summed E-state index contributed by atoms with van der Waals surface area (Å²) in [5, 5.41) is 5.85. The van der Waals surface area contributed by atoms with Crippen LogP contribution in [-0.2, 0) is 16.1 Å². The molecule has 0 unspecified atom stereocenters. The molecule has 1 rings (SSSR count). The van der Waals surface area contributed by atoms with E-state index in [1.165, 1.54) is 9.75 Å². The molecule has 1 amide bonds. The van der Waals surface area contributed by atoms with Gasteiger partial charge in [0.2, 0.25) is 5.91 Å². The molecule has 0 aromatic carbocycles.